The van der Waals surface area contributed by atoms with E-state index < -0.39 is 23.7 Å². The van der Waals surface area contributed by atoms with E-state index in [-0.39, 0.29) is 60.1 Å². The Morgan fingerprint density at radius 2 is 1.94 bits per heavy atom. The normalized spacial score (nSPS) is 17.5. The van der Waals surface area contributed by atoms with Gasteiger partial charge in [0.15, 0.2) is 5.69 Å². The summed E-state index contributed by atoms with van der Waals surface area (Å²) in [7, 11) is 3.68. The Balaban J connectivity index is 1.93. The Kier molecular flexibility index (Phi) is 6.81. The van der Waals surface area contributed by atoms with E-state index in [0.717, 1.165) is 4.40 Å². The van der Waals surface area contributed by atoms with E-state index in [1.165, 1.54) is 12.1 Å². The van der Waals surface area contributed by atoms with Crippen LogP contribution < -0.4 is 5.32 Å². The Morgan fingerprint density at radius 3 is 2.52 bits per heavy atom. The highest BCUT2D eigenvalue weighted by Crippen LogP contribution is 2.40. The fourth-order valence-electron chi connectivity index (χ4n) is 3.80. The molecule has 1 aliphatic carbocycles. The van der Waals surface area contributed by atoms with Gasteiger partial charge >= 0.3 is 6.18 Å². The lowest BCUT2D eigenvalue weighted by molar-refractivity contribution is -0.141. The van der Waals surface area contributed by atoms with Crippen LogP contribution in [0.2, 0.25) is 5.15 Å². The molecule has 5 nitrogen and oxygen atoms in total. The zero-order valence-electron chi connectivity index (χ0n) is 17.2. The van der Waals surface area contributed by atoms with Crippen molar-refractivity contribution in [2.45, 2.75) is 44.2 Å². The van der Waals surface area contributed by atoms with Crippen LogP contribution in [0.15, 0.2) is 12.1 Å². The Hall–Kier alpha value is -1.94. The van der Waals surface area contributed by atoms with Crippen LogP contribution in [0.1, 0.15) is 47.4 Å². The molecule has 1 N–H and O–H groups in total. The SMILES string of the molecule is CN(C)CCNC(=O)c1cc(Cl)n2c(CC3CCC(F)(F)CC3)c(C(F)(F)F)nc2c1. The molecule has 0 aromatic carbocycles. The van der Waals surface area contributed by atoms with Crippen molar-refractivity contribution in [1.82, 2.24) is 19.6 Å². The molecule has 0 bridgehead atoms. The Bertz CT molecular complexity index is 947. The number of carbonyl (C=O) groups is 1. The van der Waals surface area contributed by atoms with E-state index in [1.807, 2.05) is 19.0 Å². The molecule has 172 valence electrons. The molecular weight excluding hydrogens is 443 g/mol. The molecule has 31 heavy (non-hydrogen) atoms. The average molecular weight is 467 g/mol. The number of nitrogens with zero attached hydrogens (tertiary/aromatic N) is 3. The summed E-state index contributed by atoms with van der Waals surface area (Å²) >= 11 is 6.27. The van der Waals surface area contributed by atoms with Crippen molar-refractivity contribution in [2.24, 2.45) is 5.92 Å². The fraction of sp³-hybridized carbons (Fsp3) is 0.600. The van der Waals surface area contributed by atoms with Crippen LogP contribution in [0.25, 0.3) is 5.65 Å². The molecule has 11 heteroatoms. The van der Waals surface area contributed by atoms with E-state index in [4.69, 9.17) is 11.6 Å². The Labute approximate surface area is 181 Å². The lowest BCUT2D eigenvalue weighted by atomic mass is 9.83. The van der Waals surface area contributed by atoms with Gasteiger partial charge in [0.05, 0.1) is 5.69 Å². The van der Waals surface area contributed by atoms with Crippen LogP contribution >= 0.6 is 11.6 Å². The summed E-state index contributed by atoms with van der Waals surface area (Å²) in [5.74, 6) is -3.57. The number of nitrogens with one attached hydrogen (secondary N) is 1. The van der Waals surface area contributed by atoms with Crippen LogP contribution in [-0.2, 0) is 12.6 Å². The highest BCUT2D eigenvalue weighted by Gasteiger charge is 2.40. The molecule has 1 aliphatic rings. The van der Waals surface area contributed by atoms with Gasteiger partial charge in [-0.05, 0) is 51.4 Å². The number of amides is 1. The second-order valence-corrected chi connectivity index (χ2v) is 8.62. The third-order valence-electron chi connectivity index (χ3n) is 5.47. The van der Waals surface area contributed by atoms with Crippen molar-refractivity contribution in [3.05, 3.63) is 34.2 Å². The minimum atomic E-state index is -4.74. The predicted octanol–water partition coefficient (Wildman–Crippen LogP) is 4.67. The molecule has 1 amide bonds. The molecule has 0 saturated heterocycles. The molecule has 1 saturated carbocycles. The number of hydrogen-bond donors (Lipinski definition) is 1. The molecule has 2 aromatic heterocycles. The summed E-state index contributed by atoms with van der Waals surface area (Å²) < 4.78 is 69.1. The van der Waals surface area contributed by atoms with Crippen molar-refractivity contribution in [3.8, 4) is 0 Å². The van der Waals surface area contributed by atoms with E-state index in [1.54, 1.807) is 0 Å². The maximum absolute atomic E-state index is 13.7. The van der Waals surface area contributed by atoms with E-state index in [0.29, 0.717) is 13.1 Å². The highest BCUT2D eigenvalue weighted by molar-refractivity contribution is 6.30. The van der Waals surface area contributed by atoms with E-state index in [9.17, 15) is 26.7 Å². The topological polar surface area (TPSA) is 49.6 Å². The minimum Gasteiger partial charge on any atom is -0.351 e. The van der Waals surface area contributed by atoms with Crippen molar-refractivity contribution in [1.29, 1.82) is 0 Å². The Morgan fingerprint density at radius 1 is 1.29 bits per heavy atom. The summed E-state index contributed by atoms with van der Waals surface area (Å²) in [5.41, 5.74) is -1.27. The van der Waals surface area contributed by atoms with Gasteiger partial charge in [-0.25, -0.2) is 13.8 Å². The van der Waals surface area contributed by atoms with Gasteiger partial charge in [-0.2, -0.15) is 13.2 Å². The van der Waals surface area contributed by atoms with Crippen LogP contribution in [0.5, 0.6) is 0 Å². The maximum Gasteiger partial charge on any atom is 0.435 e. The number of likely N-dealkylation sites (N-methyl/N-ethyl adjacent to an activating group) is 1. The minimum absolute atomic E-state index is 0.0693. The van der Waals surface area contributed by atoms with Gasteiger partial charge in [-0.3, -0.25) is 9.20 Å². The average Bonchev–Trinajstić information content (AvgIpc) is 3.02. The van der Waals surface area contributed by atoms with Gasteiger partial charge < -0.3 is 10.2 Å². The van der Waals surface area contributed by atoms with Gasteiger partial charge in [0.2, 0.25) is 5.92 Å². The number of aromatic nitrogens is 2. The zero-order chi connectivity index (χ0) is 23.0. The maximum atomic E-state index is 13.7. The predicted molar refractivity (Wildman–Crippen MR) is 107 cm³/mol. The third kappa shape index (κ3) is 5.65. The molecule has 0 unspecified atom stereocenters. The monoisotopic (exact) mass is 466 g/mol. The van der Waals surface area contributed by atoms with Crippen LogP contribution in [0, 0.1) is 5.92 Å². The number of halogens is 6. The first-order valence-corrected chi connectivity index (χ1v) is 10.3. The van der Waals surface area contributed by atoms with Crippen molar-refractivity contribution >= 4 is 23.2 Å². The molecule has 2 heterocycles. The number of hydrogen-bond acceptors (Lipinski definition) is 3. The number of pyridine rings is 1. The summed E-state index contributed by atoms with van der Waals surface area (Å²) in [4.78, 5) is 17.9. The smallest absolute Gasteiger partial charge is 0.351 e. The summed E-state index contributed by atoms with van der Waals surface area (Å²) in [5, 5.41) is 2.59. The van der Waals surface area contributed by atoms with Crippen LogP contribution in [0.3, 0.4) is 0 Å². The van der Waals surface area contributed by atoms with Gasteiger partial charge in [0.1, 0.15) is 10.8 Å². The molecular formula is C20H24ClF5N4O. The summed E-state index contributed by atoms with van der Waals surface area (Å²) in [6, 6.07) is 2.55. The largest absolute Gasteiger partial charge is 0.435 e. The fourth-order valence-corrected chi connectivity index (χ4v) is 4.11. The molecule has 0 aliphatic heterocycles. The molecule has 0 radical (unpaired) electrons. The van der Waals surface area contributed by atoms with Gasteiger partial charge in [-0.1, -0.05) is 11.6 Å². The summed E-state index contributed by atoms with van der Waals surface area (Å²) in [6.07, 6.45) is -5.25. The number of carbonyl (C=O) groups excluding carboxylic acids is 1. The van der Waals surface area contributed by atoms with E-state index >= 15 is 0 Å². The number of fused-ring (bicyclic) bond motifs is 1. The first-order valence-electron chi connectivity index (χ1n) is 9.96. The van der Waals surface area contributed by atoms with Crippen molar-refractivity contribution < 1.29 is 26.7 Å². The first kappa shape index (κ1) is 23.7. The number of rotatable bonds is 6. The standard InChI is InChI=1S/C20H24ClF5N4O/c1-29(2)8-7-27-18(31)13-10-15(21)30-14(9-12-3-5-19(22,23)6-4-12)17(20(24,25)26)28-16(30)11-13/h10-12H,3-9H2,1-2H3,(H,27,31). The molecule has 2 aromatic rings. The second-order valence-electron chi connectivity index (χ2n) is 8.23. The van der Waals surface area contributed by atoms with E-state index in [2.05, 4.69) is 10.3 Å². The number of imidazole rings is 1. The van der Waals surface area contributed by atoms with Gasteiger partial charge in [0.25, 0.3) is 5.91 Å². The first-order chi connectivity index (χ1) is 14.4. The lowest BCUT2D eigenvalue weighted by Crippen LogP contribution is -2.31. The zero-order valence-corrected chi connectivity index (χ0v) is 18.0. The third-order valence-corrected chi connectivity index (χ3v) is 5.74. The van der Waals surface area contributed by atoms with Crippen LogP contribution in [-0.4, -0.2) is 53.3 Å². The van der Waals surface area contributed by atoms with Gasteiger partial charge in [-0.15, -0.1) is 0 Å². The molecule has 1 fully saturated rings. The molecule has 0 atom stereocenters. The van der Waals surface area contributed by atoms with Crippen LogP contribution in [0.4, 0.5) is 22.0 Å². The molecule has 3 rings (SSSR count). The van der Waals surface area contributed by atoms with Crippen molar-refractivity contribution in [2.75, 3.05) is 27.2 Å². The second kappa shape index (κ2) is 8.90. The lowest BCUT2D eigenvalue weighted by Gasteiger charge is -2.28. The van der Waals surface area contributed by atoms with Gasteiger partial charge in [0, 0.05) is 31.5 Å². The highest BCUT2D eigenvalue weighted by atomic mass is 35.5. The van der Waals surface area contributed by atoms with Crippen molar-refractivity contribution in [3.63, 3.8) is 0 Å². The quantitative estimate of drug-likeness (QED) is 0.497. The number of alkyl halides is 5. The molecule has 0 spiro atoms. The summed E-state index contributed by atoms with van der Waals surface area (Å²) in [6.45, 7) is 0.947.